The Morgan fingerprint density at radius 2 is 1.96 bits per heavy atom. The van der Waals surface area contributed by atoms with Crippen LogP contribution in [0, 0.1) is 11.7 Å². The van der Waals surface area contributed by atoms with E-state index in [4.69, 9.17) is 9.47 Å². The Bertz CT molecular complexity index is 791. The first-order chi connectivity index (χ1) is 13.0. The summed E-state index contributed by atoms with van der Waals surface area (Å²) in [6.07, 6.45) is 0.547. The Morgan fingerprint density at radius 3 is 2.70 bits per heavy atom. The molecule has 0 aliphatic carbocycles. The van der Waals surface area contributed by atoms with Gasteiger partial charge in [-0.05, 0) is 41.3 Å². The van der Waals surface area contributed by atoms with Crippen molar-refractivity contribution in [3.8, 4) is 5.75 Å². The average molecular weight is 371 g/mol. The van der Waals surface area contributed by atoms with Crippen molar-refractivity contribution in [2.45, 2.75) is 40.0 Å². The summed E-state index contributed by atoms with van der Waals surface area (Å²) in [4.78, 5) is 14.3. The molecule has 0 unspecified atom stereocenters. The Labute approximate surface area is 159 Å². The van der Waals surface area contributed by atoms with Gasteiger partial charge in [-0.25, -0.2) is 4.39 Å². The number of ether oxygens (including phenoxy) is 2. The molecule has 0 atom stereocenters. The lowest BCUT2D eigenvalue weighted by molar-refractivity contribution is -0.132. The monoisotopic (exact) mass is 371 g/mol. The molecule has 144 valence electrons. The summed E-state index contributed by atoms with van der Waals surface area (Å²) in [7, 11) is 0. The maximum Gasteiger partial charge on any atom is 0.223 e. The number of fused-ring (bicyclic) bond motifs is 1. The summed E-state index contributed by atoms with van der Waals surface area (Å²) in [6.45, 7) is 6.53. The molecule has 0 saturated heterocycles. The topological polar surface area (TPSA) is 38.8 Å². The molecule has 27 heavy (non-hydrogen) atoms. The molecule has 0 fully saturated rings. The highest BCUT2D eigenvalue weighted by Crippen LogP contribution is 2.25. The number of carbonyl (C=O) groups excluding carboxylic acids is 1. The quantitative estimate of drug-likeness (QED) is 0.760. The predicted molar refractivity (Wildman–Crippen MR) is 102 cm³/mol. The molecule has 0 radical (unpaired) electrons. The minimum atomic E-state index is -0.260. The molecule has 0 spiro atoms. The Morgan fingerprint density at radius 1 is 1.19 bits per heavy atom. The lowest BCUT2D eigenvalue weighted by atomic mass is 10.1. The lowest BCUT2D eigenvalue weighted by Gasteiger charge is -2.21. The molecule has 0 aromatic heterocycles. The van der Waals surface area contributed by atoms with Crippen LogP contribution in [0.3, 0.4) is 0 Å². The molecule has 4 nitrogen and oxygen atoms in total. The average Bonchev–Trinajstić information content (AvgIpc) is 2.83. The molecular weight excluding hydrogens is 345 g/mol. The van der Waals surface area contributed by atoms with Crippen LogP contribution < -0.4 is 4.74 Å². The molecule has 0 N–H and O–H groups in total. The first-order valence-corrected chi connectivity index (χ1v) is 9.36. The minimum Gasteiger partial charge on any atom is -0.491 e. The summed E-state index contributed by atoms with van der Waals surface area (Å²) >= 11 is 0. The summed E-state index contributed by atoms with van der Waals surface area (Å²) in [5.74, 6) is 1.06. The maximum absolute atomic E-state index is 13.2. The summed E-state index contributed by atoms with van der Waals surface area (Å²) in [5, 5.41) is 0. The second-order valence-corrected chi connectivity index (χ2v) is 7.33. The number of carbonyl (C=O) groups is 1. The highest BCUT2D eigenvalue weighted by molar-refractivity contribution is 5.76. The van der Waals surface area contributed by atoms with Crippen molar-refractivity contribution >= 4 is 5.91 Å². The lowest BCUT2D eigenvalue weighted by Crippen LogP contribution is -2.33. The van der Waals surface area contributed by atoms with Gasteiger partial charge in [0.05, 0.1) is 19.8 Å². The molecule has 1 aliphatic heterocycles. The van der Waals surface area contributed by atoms with Crippen molar-refractivity contribution in [2.24, 2.45) is 5.92 Å². The third-order valence-electron chi connectivity index (χ3n) is 4.47. The number of amides is 1. The molecule has 0 bridgehead atoms. The zero-order valence-corrected chi connectivity index (χ0v) is 15.9. The van der Waals surface area contributed by atoms with E-state index in [1.807, 2.05) is 43.0 Å². The number of rotatable bonds is 6. The van der Waals surface area contributed by atoms with E-state index < -0.39 is 0 Å². The van der Waals surface area contributed by atoms with E-state index in [2.05, 4.69) is 0 Å². The van der Waals surface area contributed by atoms with Gasteiger partial charge in [-0.1, -0.05) is 32.0 Å². The van der Waals surface area contributed by atoms with Gasteiger partial charge >= 0.3 is 0 Å². The van der Waals surface area contributed by atoms with E-state index in [0.29, 0.717) is 45.2 Å². The molecular formula is C22H26FNO3. The van der Waals surface area contributed by atoms with Gasteiger partial charge in [-0.2, -0.15) is 0 Å². The second-order valence-electron chi connectivity index (χ2n) is 7.33. The van der Waals surface area contributed by atoms with Gasteiger partial charge < -0.3 is 14.4 Å². The van der Waals surface area contributed by atoms with E-state index in [-0.39, 0.29) is 11.7 Å². The zero-order chi connectivity index (χ0) is 19.2. The Kier molecular flexibility index (Phi) is 6.45. The molecule has 5 heteroatoms. The molecule has 0 saturated carbocycles. The number of halogens is 1. The molecule has 2 aromatic rings. The first kappa shape index (κ1) is 19.4. The minimum absolute atomic E-state index is 0.161. The maximum atomic E-state index is 13.2. The summed E-state index contributed by atoms with van der Waals surface area (Å²) < 4.78 is 24.7. The third-order valence-corrected chi connectivity index (χ3v) is 4.47. The molecule has 1 heterocycles. The van der Waals surface area contributed by atoms with E-state index >= 15 is 0 Å². The number of nitrogens with zero attached hydrogens (tertiary/aromatic N) is 1. The third kappa shape index (κ3) is 5.54. The zero-order valence-electron chi connectivity index (χ0n) is 15.9. The van der Waals surface area contributed by atoms with E-state index in [9.17, 15) is 9.18 Å². The van der Waals surface area contributed by atoms with Crippen LogP contribution in [0.4, 0.5) is 4.39 Å². The van der Waals surface area contributed by atoms with Crippen LogP contribution in [0.15, 0.2) is 42.5 Å². The van der Waals surface area contributed by atoms with E-state index in [1.165, 1.54) is 12.1 Å². The fraction of sp³-hybridized carbons (Fsp3) is 0.409. The van der Waals surface area contributed by atoms with Crippen LogP contribution in [0.5, 0.6) is 5.75 Å². The van der Waals surface area contributed by atoms with E-state index in [0.717, 1.165) is 22.4 Å². The van der Waals surface area contributed by atoms with Crippen LogP contribution in [-0.4, -0.2) is 24.0 Å². The fourth-order valence-electron chi connectivity index (χ4n) is 3.14. The van der Waals surface area contributed by atoms with Gasteiger partial charge in [0.1, 0.15) is 18.2 Å². The van der Waals surface area contributed by atoms with Crippen LogP contribution in [0.1, 0.15) is 37.0 Å². The highest BCUT2D eigenvalue weighted by Gasteiger charge is 2.20. The number of hydrogen-bond acceptors (Lipinski definition) is 3. The number of hydrogen-bond donors (Lipinski definition) is 0. The smallest absolute Gasteiger partial charge is 0.223 e. The van der Waals surface area contributed by atoms with Crippen LogP contribution in [0.2, 0.25) is 0 Å². The van der Waals surface area contributed by atoms with Crippen molar-refractivity contribution in [3.05, 3.63) is 65.0 Å². The van der Waals surface area contributed by atoms with Gasteiger partial charge in [-0.3, -0.25) is 4.79 Å². The molecule has 3 rings (SSSR count). The van der Waals surface area contributed by atoms with Crippen LogP contribution >= 0.6 is 0 Å². The Hall–Kier alpha value is -2.40. The summed E-state index contributed by atoms with van der Waals surface area (Å²) in [6, 6.07) is 12.3. The highest BCUT2D eigenvalue weighted by atomic mass is 19.1. The molecule has 2 aromatic carbocycles. The summed E-state index contributed by atoms with van der Waals surface area (Å²) in [5.41, 5.74) is 2.81. The van der Waals surface area contributed by atoms with Gasteiger partial charge in [0.15, 0.2) is 0 Å². The van der Waals surface area contributed by atoms with Gasteiger partial charge in [-0.15, -0.1) is 0 Å². The number of benzene rings is 2. The largest absolute Gasteiger partial charge is 0.491 e. The molecule has 1 aliphatic rings. The van der Waals surface area contributed by atoms with Crippen molar-refractivity contribution in [2.75, 3.05) is 13.2 Å². The first-order valence-electron chi connectivity index (χ1n) is 9.36. The van der Waals surface area contributed by atoms with Crippen LogP contribution in [-0.2, 0) is 29.3 Å². The SMILES string of the molecule is CC(C)CC(=O)N1CCOc2ccc(COCc3cccc(F)c3)cc2C1. The van der Waals surface area contributed by atoms with Gasteiger partial charge in [0.25, 0.3) is 0 Å². The van der Waals surface area contributed by atoms with Crippen molar-refractivity contribution in [1.29, 1.82) is 0 Å². The van der Waals surface area contributed by atoms with Gasteiger partial charge in [0, 0.05) is 18.5 Å². The molecule has 1 amide bonds. The second kappa shape index (κ2) is 9.00. The van der Waals surface area contributed by atoms with Crippen molar-refractivity contribution in [3.63, 3.8) is 0 Å². The normalized spacial score (nSPS) is 13.9. The van der Waals surface area contributed by atoms with Crippen molar-refractivity contribution in [1.82, 2.24) is 4.90 Å². The Balaban J connectivity index is 1.62. The van der Waals surface area contributed by atoms with Gasteiger partial charge in [0.2, 0.25) is 5.91 Å². The predicted octanol–water partition coefficient (Wildman–Crippen LogP) is 4.31. The van der Waals surface area contributed by atoms with Crippen LogP contribution in [0.25, 0.3) is 0 Å². The standard InChI is InChI=1S/C22H26FNO3/c1-16(2)10-22(25)24-8-9-27-21-7-6-18(11-19(21)13-24)15-26-14-17-4-3-5-20(23)12-17/h3-7,11-12,16H,8-10,13-15H2,1-2H3. The van der Waals surface area contributed by atoms with Crippen molar-refractivity contribution < 1.29 is 18.7 Å². The fourth-order valence-corrected chi connectivity index (χ4v) is 3.14. The van der Waals surface area contributed by atoms with E-state index in [1.54, 1.807) is 6.07 Å².